The highest BCUT2D eigenvalue weighted by Gasteiger charge is 2.30. The van der Waals surface area contributed by atoms with Crippen molar-refractivity contribution in [2.75, 3.05) is 41.0 Å². The molecule has 0 aromatic heterocycles. The Labute approximate surface area is 101 Å². The summed E-state index contributed by atoms with van der Waals surface area (Å²) in [6.45, 7) is 0. The first kappa shape index (κ1) is 16.7. The smallest absolute Gasteiger partial charge is 0.311 e. The fraction of sp³-hybridized carbons (Fsp3) is 0.750. The average Bonchev–Trinajstić information content (AvgIpc) is 2.37. The molecule has 0 heterocycles. The van der Waals surface area contributed by atoms with Crippen LogP contribution in [-0.4, -0.2) is 45.9 Å². The van der Waals surface area contributed by atoms with Crippen LogP contribution >= 0.6 is 15.2 Å². The number of rotatable bonds is 8. The minimum Gasteiger partial charge on any atom is -0.311 e. The van der Waals surface area contributed by atoms with Crippen molar-refractivity contribution in [3.05, 3.63) is 0 Å². The van der Waals surface area contributed by atoms with Crippen molar-refractivity contribution in [2.24, 2.45) is 0 Å². The van der Waals surface area contributed by atoms with Crippen LogP contribution in [0.4, 0.5) is 0 Å². The van der Waals surface area contributed by atoms with Gasteiger partial charge in [-0.1, -0.05) is 6.42 Å². The molecule has 0 aromatic carbocycles. The van der Waals surface area contributed by atoms with E-state index < -0.39 is 15.2 Å². The highest BCUT2D eigenvalue weighted by atomic mass is 31.2. The molecule has 0 atom stereocenters. The van der Waals surface area contributed by atoms with Crippen LogP contribution in [0.2, 0.25) is 0 Å². The van der Waals surface area contributed by atoms with E-state index in [9.17, 15) is 9.13 Å². The quantitative estimate of drug-likeness (QED) is 0.382. The van der Waals surface area contributed by atoms with E-state index in [4.69, 9.17) is 24.5 Å². The molecule has 0 spiro atoms. The van der Waals surface area contributed by atoms with Gasteiger partial charge >= 0.3 is 15.2 Å². The third-order valence-corrected chi connectivity index (χ3v) is 5.58. The predicted octanol–water partition coefficient (Wildman–Crippen LogP) is 1.77. The Bertz CT molecular complexity index is 322. The Morgan fingerprint density at radius 2 is 1.24 bits per heavy atom. The number of terminal acetylenes is 1. The molecule has 0 bridgehead atoms. The second kappa shape index (κ2) is 7.17. The van der Waals surface area contributed by atoms with Gasteiger partial charge in [0.2, 0.25) is 0 Å². The topological polar surface area (TPSA) is 74.3 Å². The van der Waals surface area contributed by atoms with Gasteiger partial charge in [0.05, 0.1) is 0 Å². The van der Waals surface area contributed by atoms with E-state index in [-0.39, 0.29) is 12.6 Å². The molecular weight excluding hydrogens is 268 g/mol. The number of hydrogen-bond acceptors (Lipinski definition) is 7. The van der Waals surface area contributed by atoms with E-state index in [0.717, 1.165) is 0 Å². The molecule has 0 N–H and O–H groups in total. The summed E-state index contributed by atoms with van der Waals surface area (Å²) in [4.78, 5) is 1.17. The maximum Gasteiger partial charge on any atom is 0.349 e. The summed E-state index contributed by atoms with van der Waals surface area (Å²) in [6.07, 6.45) is 4.82. The van der Waals surface area contributed by atoms with Crippen LogP contribution in [0.25, 0.3) is 0 Å². The van der Waals surface area contributed by atoms with Crippen molar-refractivity contribution >= 4 is 15.2 Å². The zero-order chi connectivity index (χ0) is 13.5. The summed E-state index contributed by atoms with van der Waals surface area (Å²) in [5.74, 6) is 0. The lowest BCUT2D eigenvalue weighted by Gasteiger charge is -2.24. The molecule has 0 aliphatic rings. The van der Waals surface area contributed by atoms with Crippen molar-refractivity contribution in [1.82, 2.24) is 4.90 Å². The fourth-order valence-electron chi connectivity index (χ4n) is 0.925. The first-order chi connectivity index (χ1) is 7.88. The van der Waals surface area contributed by atoms with Crippen molar-refractivity contribution in [3.8, 4) is 12.5 Å². The summed E-state index contributed by atoms with van der Waals surface area (Å²) in [5.41, 5.74) is 0. The fourth-order valence-corrected chi connectivity index (χ4v) is 3.04. The molecule has 7 nitrogen and oxygen atoms in total. The van der Waals surface area contributed by atoms with Crippen LogP contribution in [0.1, 0.15) is 0 Å². The molecule has 0 aliphatic carbocycles. The van der Waals surface area contributed by atoms with E-state index in [1.165, 1.54) is 33.3 Å². The highest BCUT2D eigenvalue weighted by Crippen LogP contribution is 2.51. The van der Waals surface area contributed by atoms with Crippen molar-refractivity contribution in [1.29, 1.82) is 0 Å². The molecule has 0 amide bonds. The molecule has 0 aliphatic heterocycles. The average molecular weight is 285 g/mol. The molecule has 17 heavy (non-hydrogen) atoms. The third kappa shape index (κ3) is 5.22. The van der Waals surface area contributed by atoms with Gasteiger partial charge in [-0.2, -0.15) is 0 Å². The Balaban J connectivity index is 4.73. The van der Waals surface area contributed by atoms with Gasteiger partial charge in [-0.25, -0.2) is 0 Å². The van der Waals surface area contributed by atoms with Gasteiger partial charge in [-0.15, -0.1) is 0 Å². The van der Waals surface area contributed by atoms with E-state index >= 15 is 0 Å². The molecule has 0 aromatic rings. The van der Waals surface area contributed by atoms with Crippen molar-refractivity contribution < 1.29 is 27.2 Å². The minimum atomic E-state index is -3.31. The molecule has 0 saturated carbocycles. The van der Waals surface area contributed by atoms with E-state index in [0.29, 0.717) is 0 Å². The second-order valence-electron chi connectivity index (χ2n) is 2.90. The van der Waals surface area contributed by atoms with E-state index in [1.54, 1.807) is 0 Å². The Kier molecular flexibility index (Phi) is 7.03. The van der Waals surface area contributed by atoms with Crippen LogP contribution < -0.4 is 0 Å². The number of nitrogens with zero attached hydrogens (tertiary/aromatic N) is 1. The van der Waals surface area contributed by atoms with Crippen LogP contribution in [0.15, 0.2) is 0 Å². The molecule has 0 unspecified atom stereocenters. The molecule has 0 radical (unpaired) electrons. The summed E-state index contributed by atoms with van der Waals surface area (Å²) < 4.78 is 42.6. The predicted molar refractivity (Wildman–Crippen MR) is 63.7 cm³/mol. The van der Waals surface area contributed by atoms with Gasteiger partial charge in [-0.3, -0.25) is 9.13 Å². The minimum absolute atomic E-state index is 0.201. The maximum absolute atomic E-state index is 11.8. The maximum atomic E-state index is 11.8. The normalized spacial score (nSPS) is 12.2. The van der Waals surface area contributed by atoms with E-state index in [1.807, 2.05) is 0 Å². The number of hydrogen-bond donors (Lipinski definition) is 0. The lowest BCUT2D eigenvalue weighted by Crippen LogP contribution is -2.22. The largest absolute Gasteiger partial charge is 0.349 e. The zero-order valence-corrected chi connectivity index (χ0v) is 12.1. The first-order valence-corrected chi connectivity index (χ1v) is 7.96. The molecule has 100 valence electrons. The molecule has 0 saturated heterocycles. The molecule has 0 fully saturated rings. The van der Waals surface area contributed by atoms with Gasteiger partial charge in [0.15, 0.2) is 0 Å². The Hall–Kier alpha value is -0.340. The summed E-state index contributed by atoms with van der Waals surface area (Å²) in [5, 5.41) is 0. The summed E-state index contributed by atoms with van der Waals surface area (Å²) in [6, 6.07) is 2.22. The van der Waals surface area contributed by atoms with Gasteiger partial charge in [0.25, 0.3) is 0 Å². The molecular formula is C8H17NO6P2. The lowest BCUT2D eigenvalue weighted by atomic mass is 10.9. The Morgan fingerprint density at radius 3 is 1.41 bits per heavy atom. The summed E-state index contributed by atoms with van der Waals surface area (Å²) >= 11 is 0. The third-order valence-electron chi connectivity index (χ3n) is 1.98. The Morgan fingerprint density at radius 1 is 0.941 bits per heavy atom. The van der Waals surface area contributed by atoms with E-state index in [2.05, 4.69) is 6.04 Å². The van der Waals surface area contributed by atoms with Crippen molar-refractivity contribution in [3.63, 3.8) is 0 Å². The monoisotopic (exact) mass is 285 g/mol. The summed E-state index contributed by atoms with van der Waals surface area (Å²) in [7, 11) is -1.65. The van der Waals surface area contributed by atoms with Gasteiger partial charge < -0.3 is 23.0 Å². The standard InChI is InChI=1S/C8H17NO6P2/c1-6-9(7-16(10,12-2)13-3)8-17(11,14-4)15-5/h1H,7-8H2,2-5H3. The van der Waals surface area contributed by atoms with Gasteiger partial charge in [-0.05, 0) is 0 Å². The van der Waals surface area contributed by atoms with Crippen LogP contribution in [0.3, 0.4) is 0 Å². The van der Waals surface area contributed by atoms with Gasteiger partial charge in [0, 0.05) is 34.5 Å². The van der Waals surface area contributed by atoms with Crippen LogP contribution in [0.5, 0.6) is 0 Å². The highest BCUT2D eigenvalue weighted by molar-refractivity contribution is 7.54. The SMILES string of the molecule is C#CN(CP(=O)(OC)OC)CP(=O)(OC)OC. The second-order valence-corrected chi connectivity index (χ2v) is 7.37. The molecule has 9 heteroatoms. The van der Waals surface area contributed by atoms with Crippen LogP contribution in [0, 0.1) is 12.5 Å². The lowest BCUT2D eigenvalue weighted by molar-refractivity contribution is 0.247. The zero-order valence-electron chi connectivity index (χ0n) is 10.3. The van der Waals surface area contributed by atoms with Crippen LogP contribution in [-0.2, 0) is 27.2 Å². The first-order valence-electron chi connectivity index (χ1n) is 4.51. The van der Waals surface area contributed by atoms with Crippen molar-refractivity contribution in [2.45, 2.75) is 0 Å². The van der Waals surface area contributed by atoms with Gasteiger partial charge in [0.1, 0.15) is 12.6 Å². The molecule has 0 rings (SSSR count).